The second kappa shape index (κ2) is 9.61. The molecule has 1 aromatic carbocycles. The topological polar surface area (TPSA) is 29.5 Å². The first-order valence-corrected chi connectivity index (χ1v) is 8.63. The molecule has 0 bridgehead atoms. The summed E-state index contributed by atoms with van der Waals surface area (Å²) in [6.07, 6.45) is 6.32. The molecule has 0 fully saturated rings. The molecule has 128 valence electrons. The van der Waals surface area contributed by atoms with Crippen molar-refractivity contribution in [2.45, 2.75) is 52.5 Å². The number of halogens is 1. The number of ether oxygens (including phenoxy) is 1. The highest BCUT2D eigenvalue weighted by Crippen LogP contribution is 2.31. The van der Waals surface area contributed by atoms with E-state index in [1.54, 1.807) is 6.07 Å². The van der Waals surface area contributed by atoms with Crippen LogP contribution in [0.15, 0.2) is 24.8 Å². The van der Waals surface area contributed by atoms with Crippen LogP contribution in [0.5, 0.6) is 0 Å². The Balaban J connectivity index is 3.37. The summed E-state index contributed by atoms with van der Waals surface area (Å²) < 4.78 is 4.89. The lowest BCUT2D eigenvalue weighted by atomic mass is 10.00. The van der Waals surface area contributed by atoms with Gasteiger partial charge in [0.15, 0.2) is 0 Å². The first-order valence-electron chi connectivity index (χ1n) is 8.26. The lowest BCUT2D eigenvalue weighted by molar-refractivity contribution is 0.0600. The van der Waals surface area contributed by atoms with Gasteiger partial charge < -0.3 is 9.64 Å². The molecule has 0 aliphatic rings. The number of anilines is 1. The Hall–Kier alpha value is -1.48. The molecular weight excluding hydrogens is 310 g/mol. The van der Waals surface area contributed by atoms with Gasteiger partial charge in [-0.25, -0.2) is 4.79 Å². The standard InChI is InChI=1S/C19H28ClNO2/c1-6-9-16(10-7-2)21(11-8-3)18-13-15(20)12-17(14(18)4)19(22)23-5/h8,12-13,16H,3,6-7,9-11H2,1-2,4-5H3. The summed E-state index contributed by atoms with van der Waals surface area (Å²) in [5, 5.41) is 0.548. The Morgan fingerprint density at radius 2 is 1.96 bits per heavy atom. The van der Waals surface area contributed by atoms with Gasteiger partial charge in [0, 0.05) is 23.3 Å². The minimum Gasteiger partial charge on any atom is -0.465 e. The number of hydrogen-bond acceptors (Lipinski definition) is 3. The fourth-order valence-corrected chi connectivity index (χ4v) is 3.20. The number of benzene rings is 1. The van der Waals surface area contributed by atoms with E-state index < -0.39 is 0 Å². The molecule has 0 saturated heterocycles. The van der Waals surface area contributed by atoms with E-state index in [2.05, 4.69) is 25.3 Å². The second-order valence-corrected chi connectivity index (χ2v) is 6.20. The van der Waals surface area contributed by atoms with Gasteiger partial charge >= 0.3 is 5.97 Å². The molecule has 0 aliphatic carbocycles. The maximum atomic E-state index is 12.0. The molecule has 0 radical (unpaired) electrons. The van der Waals surface area contributed by atoms with Crippen LogP contribution in [0, 0.1) is 6.92 Å². The maximum Gasteiger partial charge on any atom is 0.338 e. The van der Waals surface area contributed by atoms with Crippen LogP contribution in [-0.2, 0) is 4.74 Å². The number of nitrogens with zero attached hydrogens (tertiary/aromatic N) is 1. The van der Waals surface area contributed by atoms with E-state index in [4.69, 9.17) is 16.3 Å². The molecule has 0 N–H and O–H groups in total. The molecule has 1 aromatic rings. The molecule has 23 heavy (non-hydrogen) atoms. The van der Waals surface area contributed by atoms with Crippen molar-refractivity contribution in [3.8, 4) is 0 Å². The Morgan fingerprint density at radius 1 is 1.35 bits per heavy atom. The van der Waals surface area contributed by atoms with E-state index in [1.807, 2.05) is 19.1 Å². The van der Waals surface area contributed by atoms with E-state index in [9.17, 15) is 4.79 Å². The molecule has 0 unspecified atom stereocenters. The fourth-order valence-electron chi connectivity index (χ4n) is 2.99. The molecular formula is C19H28ClNO2. The molecule has 0 spiro atoms. The normalized spacial score (nSPS) is 10.7. The maximum absolute atomic E-state index is 12.0. The van der Waals surface area contributed by atoms with Gasteiger partial charge in [0.25, 0.3) is 0 Å². The SMILES string of the molecule is C=CCN(c1cc(Cl)cc(C(=O)OC)c1C)C(CCC)CCC. The van der Waals surface area contributed by atoms with Gasteiger partial charge in [-0.15, -0.1) is 6.58 Å². The molecule has 0 aliphatic heterocycles. The summed E-state index contributed by atoms with van der Waals surface area (Å²) in [6.45, 7) is 11.0. The Morgan fingerprint density at radius 3 is 2.43 bits per heavy atom. The zero-order valence-electron chi connectivity index (χ0n) is 14.7. The fraction of sp³-hybridized carbons (Fsp3) is 0.526. The summed E-state index contributed by atoms with van der Waals surface area (Å²) in [7, 11) is 1.39. The first kappa shape index (κ1) is 19.6. The van der Waals surface area contributed by atoms with Crippen LogP contribution in [-0.4, -0.2) is 25.7 Å². The Bertz CT molecular complexity index is 536. The Kier molecular flexibility index (Phi) is 8.18. The van der Waals surface area contributed by atoms with Crippen molar-refractivity contribution < 1.29 is 9.53 Å². The van der Waals surface area contributed by atoms with Gasteiger partial charge in [0.2, 0.25) is 0 Å². The third-order valence-electron chi connectivity index (χ3n) is 4.07. The van der Waals surface area contributed by atoms with E-state index in [-0.39, 0.29) is 5.97 Å². The van der Waals surface area contributed by atoms with Crippen LogP contribution < -0.4 is 4.90 Å². The lowest BCUT2D eigenvalue weighted by Gasteiger charge is -2.34. The summed E-state index contributed by atoms with van der Waals surface area (Å²) >= 11 is 6.27. The minimum atomic E-state index is -0.354. The van der Waals surface area contributed by atoms with Gasteiger partial charge in [-0.05, 0) is 37.5 Å². The highest BCUT2D eigenvalue weighted by atomic mass is 35.5. The summed E-state index contributed by atoms with van der Waals surface area (Å²) in [5.41, 5.74) is 2.42. The zero-order chi connectivity index (χ0) is 17.4. The number of carbonyl (C=O) groups is 1. The quantitative estimate of drug-likeness (QED) is 0.446. The highest BCUT2D eigenvalue weighted by Gasteiger charge is 2.22. The van der Waals surface area contributed by atoms with Crippen molar-refractivity contribution in [1.82, 2.24) is 0 Å². The molecule has 0 saturated carbocycles. The predicted octanol–water partition coefficient (Wildman–Crippen LogP) is 5.40. The van der Waals surface area contributed by atoms with Crippen molar-refractivity contribution in [3.63, 3.8) is 0 Å². The van der Waals surface area contributed by atoms with Crippen molar-refractivity contribution in [2.75, 3.05) is 18.6 Å². The third kappa shape index (κ3) is 5.00. The molecule has 0 amide bonds. The Labute approximate surface area is 145 Å². The lowest BCUT2D eigenvalue weighted by Crippen LogP contribution is -2.36. The van der Waals surface area contributed by atoms with Crippen LogP contribution in [0.4, 0.5) is 5.69 Å². The number of methoxy groups -OCH3 is 1. The smallest absolute Gasteiger partial charge is 0.338 e. The summed E-state index contributed by atoms with van der Waals surface area (Å²) in [5.74, 6) is -0.354. The average molecular weight is 338 g/mol. The molecule has 0 heterocycles. The van der Waals surface area contributed by atoms with Crippen molar-refractivity contribution in [3.05, 3.63) is 40.9 Å². The van der Waals surface area contributed by atoms with Gasteiger partial charge in [0.05, 0.1) is 12.7 Å². The second-order valence-electron chi connectivity index (χ2n) is 5.76. The molecule has 0 aromatic heterocycles. The van der Waals surface area contributed by atoms with E-state index in [1.165, 1.54) is 7.11 Å². The third-order valence-corrected chi connectivity index (χ3v) is 4.29. The number of hydrogen-bond donors (Lipinski definition) is 0. The van der Waals surface area contributed by atoms with Crippen LogP contribution in [0.1, 0.15) is 55.5 Å². The molecule has 3 nitrogen and oxygen atoms in total. The van der Waals surface area contributed by atoms with Crippen LogP contribution in [0.3, 0.4) is 0 Å². The van der Waals surface area contributed by atoms with Crippen molar-refractivity contribution in [2.24, 2.45) is 0 Å². The van der Waals surface area contributed by atoms with Gasteiger partial charge in [-0.1, -0.05) is 44.4 Å². The average Bonchev–Trinajstić information content (AvgIpc) is 2.54. The zero-order valence-corrected chi connectivity index (χ0v) is 15.4. The van der Waals surface area contributed by atoms with Gasteiger partial charge in [-0.2, -0.15) is 0 Å². The monoisotopic (exact) mass is 337 g/mol. The summed E-state index contributed by atoms with van der Waals surface area (Å²) in [4.78, 5) is 14.3. The van der Waals surface area contributed by atoms with Crippen LogP contribution in [0.2, 0.25) is 5.02 Å². The minimum absolute atomic E-state index is 0.354. The highest BCUT2D eigenvalue weighted by molar-refractivity contribution is 6.31. The van der Waals surface area contributed by atoms with E-state index in [0.29, 0.717) is 16.6 Å². The molecule has 0 atom stereocenters. The van der Waals surface area contributed by atoms with E-state index >= 15 is 0 Å². The van der Waals surface area contributed by atoms with Crippen molar-refractivity contribution >= 4 is 23.3 Å². The van der Waals surface area contributed by atoms with Gasteiger partial charge in [0.1, 0.15) is 0 Å². The van der Waals surface area contributed by atoms with Gasteiger partial charge in [-0.3, -0.25) is 0 Å². The number of esters is 1. The van der Waals surface area contributed by atoms with Crippen molar-refractivity contribution in [1.29, 1.82) is 0 Å². The number of carbonyl (C=O) groups excluding carboxylic acids is 1. The van der Waals surface area contributed by atoms with E-state index in [0.717, 1.165) is 43.5 Å². The van der Waals surface area contributed by atoms with Crippen LogP contribution >= 0.6 is 11.6 Å². The largest absolute Gasteiger partial charge is 0.465 e. The molecule has 1 rings (SSSR count). The number of rotatable bonds is 9. The van der Waals surface area contributed by atoms with Crippen LogP contribution in [0.25, 0.3) is 0 Å². The molecule has 4 heteroatoms. The first-order chi connectivity index (χ1) is 11.0. The summed E-state index contributed by atoms with van der Waals surface area (Å²) in [6, 6.07) is 4.02. The predicted molar refractivity (Wildman–Crippen MR) is 98.7 cm³/mol.